The molecule has 1 fully saturated rings. The molecule has 1 N–H and O–H groups in total. The lowest BCUT2D eigenvalue weighted by Crippen LogP contribution is -2.11. The Bertz CT molecular complexity index is 531. The van der Waals surface area contributed by atoms with E-state index in [0.717, 1.165) is 11.6 Å². The van der Waals surface area contributed by atoms with Crippen LogP contribution in [0.25, 0.3) is 0 Å². The number of halogens is 1. The van der Waals surface area contributed by atoms with Gasteiger partial charge in [-0.05, 0) is 60.9 Å². The summed E-state index contributed by atoms with van der Waals surface area (Å²) >= 11 is 1.79. The second kappa shape index (κ2) is 4.73. The van der Waals surface area contributed by atoms with Gasteiger partial charge in [0.15, 0.2) is 0 Å². The smallest absolute Gasteiger partial charge is 0.126 e. The van der Waals surface area contributed by atoms with Gasteiger partial charge in [0, 0.05) is 10.6 Å². The van der Waals surface area contributed by atoms with E-state index in [1.54, 1.807) is 18.3 Å². The highest BCUT2D eigenvalue weighted by Crippen LogP contribution is 2.44. The van der Waals surface area contributed by atoms with E-state index in [9.17, 15) is 4.39 Å². The molecule has 1 aliphatic rings. The fourth-order valence-corrected chi connectivity index (χ4v) is 3.10. The van der Waals surface area contributed by atoms with Gasteiger partial charge in [0.25, 0.3) is 0 Å². The van der Waals surface area contributed by atoms with Crippen molar-refractivity contribution in [1.29, 1.82) is 0 Å². The summed E-state index contributed by atoms with van der Waals surface area (Å²) in [7, 11) is 0. The Hall–Kier alpha value is -1.35. The standard InChI is InChI=1S/C15H16FNS/c1-10-9-12(6-7-13(10)16)17-15(11-4-5-11)14-3-2-8-18-14/h2-3,6-9,11,15,17H,4-5H2,1H3. The molecule has 1 aliphatic carbocycles. The zero-order chi connectivity index (χ0) is 12.5. The van der Waals surface area contributed by atoms with Gasteiger partial charge in [-0.15, -0.1) is 11.3 Å². The molecule has 1 aromatic carbocycles. The van der Waals surface area contributed by atoms with Gasteiger partial charge >= 0.3 is 0 Å². The van der Waals surface area contributed by atoms with Crippen LogP contribution >= 0.6 is 11.3 Å². The van der Waals surface area contributed by atoms with Gasteiger partial charge in [-0.25, -0.2) is 4.39 Å². The van der Waals surface area contributed by atoms with Crippen molar-refractivity contribution in [3.63, 3.8) is 0 Å². The Morgan fingerprint density at radius 2 is 2.17 bits per heavy atom. The van der Waals surface area contributed by atoms with E-state index in [-0.39, 0.29) is 5.82 Å². The van der Waals surface area contributed by atoms with Crippen LogP contribution in [0.2, 0.25) is 0 Å². The van der Waals surface area contributed by atoms with Crippen LogP contribution in [0.1, 0.15) is 29.3 Å². The Morgan fingerprint density at radius 3 is 2.78 bits per heavy atom. The van der Waals surface area contributed by atoms with Crippen LogP contribution in [0.5, 0.6) is 0 Å². The Balaban J connectivity index is 1.82. The summed E-state index contributed by atoms with van der Waals surface area (Å²) in [6.07, 6.45) is 2.57. The summed E-state index contributed by atoms with van der Waals surface area (Å²) < 4.78 is 13.3. The van der Waals surface area contributed by atoms with Crippen LogP contribution in [0.3, 0.4) is 0 Å². The van der Waals surface area contributed by atoms with Crippen molar-refractivity contribution in [1.82, 2.24) is 0 Å². The summed E-state index contributed by atoms with van der Waals surface area (Å²) in [6, 6.07) is 9.90. The third kappa shape index (κ3) is 2.41. The molecule has 94 valence electrons. The van der Waals surface area contributed by atoms with Crippen LogP contribution in [0, 0.1) is 18.7 Å². The maximum Gasteiger partial charge on any atom is 0.126 e. The quantitative estimate of drug-likeness (QED) is 0.836. The molecule has 1 aromatic heterocycles. The van der Waals surface area contributed by atoms with E-state index in [0.29, 0.717) is 11.6 Å². The molecule has 1 saturated carbocycles. The van der Waals surface area contributed by atoms with Gasteiger partial charge in [0.1, 0.15) is 5.82 Å². The Kier molecular flexibility index (Phi) is 3.08. The summed E-state index contributed by atoms with van der Waals surface area (Å²) in [5, 5.41) is 5.67. The Morgan fingerprint density at radius 1 is 1.33 bits per heavy atom. The molecule has 2 aromatic rings. The maximum absolute atomic E-state index is 13.3. The largest absolute Gasteiger partial charge is 0.377 e. The van der Waals surface area contributed by atoms with Crippen molar-refractivity contribution < 1.29 is 4.39 Å². The molecule has 0 saturated heterocycles. The topological polar surface area (TPSA) is 12.0 Å². The van der Waals surface area contributed by atoms with Crippen molar-refractivity contribution >= 4 is 17.0 Å². The lowest BCUT2D eigenvalue weighted by molar-refractivity contribution is 0.618. The minimum atomic E-state index is -0.139. The lowest BCUT2D eigenvalue weighted by Gasteiger charge is -2.18. The molecule has 0 spiro atoms. The summed E-state index contributed by atoms with van der Waals surface area (Å²) in [6.45, 7) is 1.80. The average molecular weight is 261 g/mol. The van der Waals surface area contributed by atoms with Gasteiger partial charge in [0.2, 0.25) is 0 Å². The van der Waals surface area contributed by atoms with E-state index in [1.165, 1.54) is 23.8 Å². The summed E-state index contributed by atoms with van der Waals surface area (Å²) in [5.74, 6) is 0.591. The summed E-state index contributed by atoms with van der Waals surface area (Å²) in [5.41, 5.74) is 1.71. The third-order valence-electron chi connectivity index (χ3n) is 3.42. The number of aryl methyl sites for hydroxylation is 1. The van der Waals surface area contributed by atoms with Crippen molar-refractivity contribution in [2.45, 2.75) is 25.8 Å². The number of benzene rings is 1. The van der Waals surface area contributed by atoms with Crippen molar-refractivity contribution in [3.8, 4) is 0 Å². The number of anilines is 1. The van der Waals surface area contributed by atoms with Crippen LogP contribution < -0.4 is 5.32 Å². The van der Waals surface area contributed by atoms with Gasteiger partial charge in [-0.3, -0.25) is 0 Å². The minimum Gasteiger partial charge on any atom is -0.377 e. The molecule has 1 nitrogen and oxygen atoms in total. The molecule has 1 atom stereocenters. The van der Waals surface area contributed by atoms with Crippen LogP contribution in [-0.2, 0) is 0 Å². The highest BCUT2D eigenvalue weighted by molar-refractivity contribution is 7.10. The van der Waals surface area contributed by atoms with Gasteiger partial charge in [-0.2, -0.15) is 0 Å². The zero-order valence-corrected chi connectivity index (χ0v) is 11.1. The molecule has 1 unspecified atom stereocenters. The van der Waals surface area contributed by atoms with Crippen molar-refractivity contribution in [2.24, 2.45) is 5.92 Å². The van der Waals surface area contributed by atoms with E-state index >= 15 is 0 Å². The van der Waals surface area contributed by atoms with E-state index in [4.69, 9.17) is 0 Å². The maximum atomic E-state index is 13.3. The second-order valence-electron chi connectivity index (χ2n) is 4.94. The SMILES string of the molecule is Cc1cc(NC(c2cccs2)C2CC2)ccc1F. The molecule has 3 rings (SSSR count). The summed E-state index contributed by atoms with van der Waals surface area (Å²) in [4.78, 5) is 1.37. The zero-order valence-electron chi connectivity index (χ0n) is 10.3. The van der Waals surface area contributed by atoms with Gasteiger partial charge < -0.3 is 5.32 Å². The molecule has 0 amide bonds. The molecule has 0 bridgehead atoms. The fourth-order valence-electron chi connectivity index (χ4n) is 2.23. The van der Waals surface area contributed by atoms with Crippen LogP contribution in [0.15, 0.2) is 35.7 Å². The Labute approximate surface area is 111 Å². The first-order valence-electron chi connectivity index (χ1n) is 6.30. The van der Waals surface area contributed by atoms with E-state index in [1.807, 2.05) is 12.1 Å². The molecule has 0 aliphatic heterocycles. The molecule has 0 radical (unpaired) electrons. The molecule has 3 heteroatoms. The monoisotopic (exact) mass is 261 g/mol. The van der Waals surface area contributed by atoms with Gasteiger partial charge in [0.05, 0.1) is 6.04 Å². The van der Waals surface area contributed by atoms with Crippen molar-refractivity contribution in [3.05, 3.63) is 52.0 Å². The highest BCUT2D eigenvalue weighted by Gasteiger charge is 2.32. The second-order valence-corrected chi connectivity index (χ2v) is 5.92. The van der Waals surface area contributed by atoms with Crippen molar-refractivity contribution in [2.75, 3.05) is 5.32 Å². The normalized spacial score (nSPS) is 16.6. The first kappa shape index (κ1) is 11.7. The predicted octanol–water partition coefficient (Wildman–Crippen LogP) is 4.76. The number of thiophene rings is 1. The predicted molar refractivity (Wildman–Crippen MR) is 74.5 cm³/mol. The minimum absolute atomic E-state index is 0.139. The number of rotatable bonds is 4. The van der Waals surface area contributed by atoms with Crippen LogP contribution in [-0.4, -0.2) is 0 Å². The van der Waals surface area contributed by atoms with E-state index < -0.39 is 0 Å². The molecular weight excluding hydrogens is 245 g/mol. The number of hydrogen-bond donors (Lipinski definition) is 1. The van der Waals surface area contributed by atoms with Crippen LogP contribution in [0.4, 0.5) is 10.1 Å². The first-order chi connectivity index (χ1) is 8.74. The fraction of sp³-hybridized carbons (Fsp3) is 0.333. The molecular formula is C15H16FNS. The molecule has 1 heterocycles. The van der Waals surface area contributed by atoms with Gasteiger partial charge in [-0.1, -0.05) is 6.07 Å². The first-order valence-corrected chi connectivity index (χ1v) is 7.18. The third-order valence-corrected chi connectivity index (χ3v) is 4.38. The number of nitrogens with one attached hydrogen (secondary N) is 1. The lowest BCUT2D eigenvalue weighted by atomic mass is 10.1. The highest BCUT2D eigenvalue weighted by atomic mass is 32.1. The average Bonchev–Trinajstić information content (AvgIpc) is 3.05. The molecule has 18 heavy (non-hydrogen) atoms. The number of hydrogen-bond acceptors (Lipinski definition) is 2. The van der Waals surface area contributed by atoms with E-state index in [2.05, 4.69) is 22.8 Å².